The number of carboxylic acid groups (broad SMARTS) is 2. The van der Waals surface area contributed by atoms with Gasteiger partial charge in [0.2, 0.25) is 23.1 Å². The lowest BCUT2D eigenvalue weighted by molar-refractivity contribution is -0.163. The van der Waals surface area contributed by atoms with Crippen LogP contribution in [0.15, 0.2) is 46.8 Å². The van der Waals surface area contributed by atoms with E-state index in [9.17, 15) is 43.5 Å². The number of tetrazole rings is 1. The van der Waals surface area contributed by atoms with E-state index in [1.807, 2.05) is 0 Å². The monoisotopic (exact) mass is 716 g/mol. The molecule has 0 radical (unpaired) electrons. The Kier molecular flexibility index (Phi) is 10.2. The minimum absolute atomic E-state index is 0.0143. The molecule has 20 nitrogen and oxygen atoms in total. The fraction of sp³-hybridized carbons (Fsp3) is 0.370. The quantitative estimate of drug-likeness (QED) is 0.0484. The number of nitrogens with zero attached hydrogens (tertiary/aromatic N) is 7. The number of nitrogens with one attached hydrogen (secondary N) is 3. The second-order valence-corrected chi connectivity index (χ2v) is 12.6. The predicted molar refractivity (Wildman–Crippen MR) is 166 cm³/mol. The Bertz CT molecular complexity index is 1750. The summed E-state index contributed by atoms with van der Waals surface area (Å²) >= 11 is 1.98. The van der Waals surface area contributed by atoms with Crippen molar-refractivity contribution in [1.29, 1.82) is 0 Å². The Hall–Kier alpha value is -5.51. The highest BCUT2D eigenvalue weighted by Crippen LogP contribution is 2.46. The van der Waals surface area contributed by atoms with E-state index in [0.29, 0.717) is 4.90 Å². The Morgan fingerprint density at radius 2 is 1.86 bits per heavy atom. The van der Waals surface area contributed by atoms with Crippen molar-refractivity contribution in [3.8, 4) is 0 Å². The summed E-state index contributed by atoms with van der Waals surface area (Å²) in [5.41, 5.74) is -2.04. The second-order valence-electron chi connectivity index (χ2n) is 10.6. The van der Waals surface area contributed by atoms with E-state index in [-0.39, 0.29) is 53.8 Å². The number of likely N-dealkylation sites (N-methyl/N-ethyl adjacent to an activating group) is 1. The Labute approximate surface area is 284 Å². The van der Waals surface area contributed by atoms with Gasteiger partial charge in [0.1, 0.15) is 23.7 Å². The van der Waals surface area contributed by atoms with Crippen LogP contribution in [0, 0.1) is 0 Å². The normalized spacial score (nSPS) is 21.0. The van der Waals surface area contributed by atoms with E-state index in [1.54, 1.807) is 25.1 Å². The number of carbonyl (C=O) groups is 8. The third-order valence-corrected chi connectivity index (χ3v) is 10.2. The number of piperazine rings is 1. The number of aliphatic carboxylic acids is 2. The van der Waals surface area contributed by atoms with Crippen molar-refractivity contribution in [2.75, 3.05) is 31.1 Å². The molecule has 0 spiro atoms. The summed E-state index contributed by atoms with van der Waals surface area (Å²) in [5.74, 6) is -6.64. The van der Waals surface area contributed by atoms with Gasteiger partial charge in [0, 0.05) is 31.1 Å². The molecule has 4 heterocycles. The molecule has 5 rings (SSSR count). The number of aromatic nitrogens is 4. The van der Waals surface area contributed by atoms with Crippen LogP contribution in [0.2, 0.25) is 0 Å². The molecular weight excluding hydrogens is 688 g/mol. The zero-order chi connectivity index (χ0) is 35.5. The molecular formula is C27H28N10O10S2. The number of thioether (sulfide) groups is 2. The van der Waals surface area contributed by atoms with Gasteiger partial charge in [-0.3, -0.25) is 38.6 Å². The van der Waals surface area contributed by atoms with Crippen molar-refractivity contribution in [2.24, 2.45) is 0 Å². The number of imide groups is 1. The first-order valence-corrected chi connectivity index (χ1v) is 16.5. The summed E-state index contributed by atoms with van der Waals surface area (Å²) in [5, 5.41) is 36.2. The van der Waals surface area contributed by atoms with Gasteiger partial charge in [-0.25, -0.2) is 14.3 Å². The van der Waals surface area contributed by atoms with Crippen molar-refractivity contribution >= 4 is 71.5 Å². The average molecular weight is 717 g/mol. The lowest BCUT2D eigenvalue weighted by Gasteiger charge is -2.56. The molecule has 3 atom stereocenters. The molecule has 3 aliphatic rings. The van der Waals surface area contributed by atoms with Gasteiger partial charge in [0.15, 0.2) is 0 Å². The highest BCUT2D eigenvalue weighted by atomic mass is 32.2. The number of carbonyl (C=O) groups excluding carboxylic acids is 6. The van der Waals surface area contributed by atoms with Gasteiger partial charge in [0.05, 0.1) is 0 Å². The molecule has 2 aromatic rings. The van der Waals surface area contributed by atoms with Crippen LogP contribution in [0.25, 0.3) is 0 Å². The van der Waals surface area contributed by atoms with Gasteiger partial charge in [-0.1, -0.05) is 42.1 Å². The molecule has 1 aromatic heterocycles. The van der Waals surface area contributed by atoms with Gasteiger partial charge in [-0.15, -0.1) is 16.9 Å². The maximum Gasteiger partial charge on any atom is 0.352 e. The van der Waals surface area contributed by atoms with Crippen molar-refractivity contribution in [3.05, 3.63) is 47.2 Å². The second kappa shape index (κ2) is 14.3. The van der Waals surface area contributed by atoms with E-state index in [4.69, 9.17) is 5.11 Å². The fourth-order valence-electron chi connectivity index (χ4n) is 5.37. The lowest BCUT2D eigenvalue weighted by Crippen LogP contribution is -2.85. The van der Waals surface area contributed by atoms with Crippen molar-refractivity contribution < 1.29 is 48.6 Å². The van der Waals surface area contributed by atoms with Crippen molar-refractivity contribution in [1.82, 2.24) is 50.9 Å². The zero-order valence-electron chi connectivity index (χ0n) is 25.5. The van der Waals surface area contributed by atoms with Crippen LogP contribution >= 0.6 is 23.5 Å². The van der Waals surface area contributed by atoms with Crippen LogP contribution < -0.4 is 16.0 Å². The third-order valence-electron chi connectivity index (χ3n) is 7.72. The van der Waals surface area contributed by atoms with Crippen LogP contribution in [-0.4, -0.2) is 135 Å². The minimum atomic E-state index is -2.13. The molecule has 0 saturated carbocycles. The summed E-state index contributed by atoms with van der Waals surface area (Å²) in [6, 6.07) is 5.23. The largest absolute Gasteiger partial charge is 0.480 e. The Balaban J connectivity index is 1.38. The van der Waals surface area contributed by atoms with E-state index < -0.39 is 70.9 Å². The number of urea groups is 1. The SMILES string of the molecule is CCN1CCN(C(=O)NC(C(=O)N[C@]2(NC=O)C(=O)N3C(C(=O)O)=C(CSc4nnnn4CC(=O)O)CS[C@H]32)c2ccccc2)C(=O)C1=O. The molecule has 258 valence electrons. The summed E-state index contributed by atoms with van der Waals surface area (Å²) in [7, 11) is 0. The molecule has 7 amide bonds. The van der Waals surface area contributed by atoms with Crippen LogP contribution in [0.3, 0.4) is 0 Å². The first kappa shape index (κ1) is 34.8. The minimum Gasteiger partial charge on any atom is -0.480 e. The standard InChI is InChI=1S/C27H28N10O10S2/c1-2-34-8-9-35(21(43)20(34)42)25(47)29-17(14-6-4-3-5-7-14)19(41)30-27(28-13-38)23(46)37-18(22(44)45)15(11-48-24(27)37)12-49-26-31-32-33-36(26)10-16(39)40/h3-7,13,17,24H,2,8-12H2,1H3,(H,28,38)(H,29,47)(H,30,41)(H,39,40)(H,44,45)/t17?,24-,27+/m0/s1. The molecule has 22 heteroatoms. The van der Waals surface area contributed by atoms with Crippen LogP contribution in [0.4, 0.5) is 4.79 Å². The summed E-state index contributed by atoms with van der Waals surface area (Å²) in [4.78, 5) is 104. The molecule has 2 fully saturated rings. The van der Waals surface area contributed by atoms with E-state index in [1.165, 1.54) is 17.0 Å². The molecule has 0 bridgehead atoms. The average Bonchev–Trinajstić information content (AvgIpc) is 3.52. The molecule has 3 aliphatic heterocycles. The van der Waals surface area contributed by atoms with E-state index >= 15 is 0 Å². The first-order valence-electron chi connectivity index (χ1n) is 14.4. The van der Waals surface area contributed by atoms with Gasteiger partial charge in [-0.2, -0.15) is 0 Å². The number of carboxylic acids is 2. The number of fused-ring (bicyclic) bond motifs is 1. The number of hydrogen-bond donors (Lipinski definition) is 5. The highest BCUT2D eigenvalue weighted by Gasteiger charge is 2.66. The van der Waals surface area contributed by atoms with E-state index in [0.717, 1.165) is 33.1 Å². The number of rotatable bonds is 13. The maximum atomic E-state index is 13.9. The number of amides is 7. The van der Waals surface area contributed by atoms with Gasteiger partial charge in [-0.05, 0) is 28.5 Å². The molecule has 5 N–H and O–H groups in total. The van der Waals surface area contributed by atoms with Crippen LogP contribution in [0.5, 0.6) is 0 Å². The lowest BCUT2D eigenvalue weighted by atomic mass is 9.94. The molecule has 1 unspecified atom stereocenters. The number of hydrogen-bond acceptors (Lipinski definition) is 13. The zero-order valence-corrected chi connectivity index (χ0v) is 27.1. The molecule has 0 aliphatic carbocycles. The van der Waals surface area contributed by atoms with Crippen molar-refractivity contribution in [3.63, 3.8) is 0 Å². The van der Waals surface area contributed by atoms with Crippen molar-refractivity contribution in [2.45, 2.75) is 35.7 Å². The molecule has 1 aromatic carbocycles. The summed E-state index contributed by atoms with van der Waals surface area (Å²) in [6.07, 6.45) is 0.168. The number of β-lactam (4-membered cyclic amide) rings is 1. The van der Waals surface area contributed by atoms with Crippen LogP contribution in [-0.2, 0) is 40.1 Å². The number of benzene rings is 1. The van der Waals surface area contributed by atoms with Gasteiger partial charge >= 0.3 is 29.8 Å². The van der Waals surface area contributed by atoms with Gasteiger partial charge in [0.25, 0.3) is 5.91 Å². The first-order chi connectivity index (χ1) is 23.4. The fourth-order valence-corrected chi connectivity index (χ4v) is 7.81. The summed E-state index contributed by atoms with van der Waals surface area (Å²) in [6.45, 7) is 1.37. The topological polar surface area (TPSA) is 266 Å². The third kappa shape index (κ3) is 6.63. The van der Waals surface area contributed by atoms with Gasteiger partial charge < -0.3 is 31.1 Å². The molecule has 2 saturated heterocycles. The highest BCUT2D eigenvalue weighted by molar-refractivity contribution is 8.01. The Morgan fingerprint density at radius 3 is 2.51 bits per heavy atom. The smallest absolute Gasteiger partial charge is 0.352 e. The Morgan fingerprint density at radius 1 is 1.12 bits per heavy atom. The maximum absolute atomic E-state index is 13.9. The predicted octanol–water partition coefficient (Wildman–Crippen LogP) is -2.20. The molecule has 49 heavy (non-hydrogen) atoms. The summed E-state index contributed by atoms with van der Waals surface area (Å²) < 4.78 is 1.01. The van der Waals surface area contributed by atoms with Crippen LogP contribution in [0.1, 0.15) is 18.5 Å². The van der Waals surface area contributed by atoms with E-state index in [2.05, 4.69) is 31.5 Å².